The van der Waals surface area contributed by atoms with Gasteiger partial charge in [-0.05, 0) is 37.5 Å². The van der Waals surface area contributed by atoms with Gasteiger partial charge < -0.3 is 15.7 Å². The van der Waals surface area contributed by atoms with E-state index < -0.39 is 0 Å². The first kappa shape index (κ1) is 17.2. The molecule has 0 fully saturated rings. The number of hydrogen-bond acceptors (Lipinski definition) is 2. The lowest BCUT2D eigenvalue weighted by Gasteiger charge is -2.27. The van der Waals surface area contributed by atoms with Crippen molar-refractivity contribution < 1.29 is 9.90 Å². The second kappa shape index (κ2) is 8.35. The largest absolute Gasteiger partial charge is 0.396 e. The first-order chi connectivity index (χ1) is 8.26. The summed E-state index contributed by atoms with van der Waals surface area (Å²) in [6.07, 6.45) is 2.62. The molecule has 0 aromatic carbocycles. The van der Waals surface area contributed by atoms with E-state index >= 15 is 0 Å². The Labute approximate surface area is 112 Å². The van der Waals surface area contributed by atoms with Crippen molar-refractivity contribution in [1.29, 1.82) is 0 Å². The van der Waals surface area contributed by atoms with Crippen molar-refractivity contribution in [3.8, 4) is 0 Å². The average Bonchev–Trinajstić information content (AvgIpc) is 2.22. The molecule has 0 bridgehead atoms. The van der Waals surface area contributed by atoms with Gasteiger partial charge in [0.25, 0.3) is 0 Å². The van der Waals surface area contributed by atoms with Crippen molar-refractivity contribution in [2.75, 3.05) is 13.2 Å². The van der Waals surface area contributed by atoms with E-state index in [1.54, 1.807) is 0 Å². The fourth-order valence-corrected chi connectivity index (χ4v) is 2.24. The molecule has 2 amide bonds. The number of hydrogen-bond donors (Lipinski definition) is 3. The predicted molar refractivity (Wildman–Crippen MR) is 75.6 cm³/mol. The SMILES string of the molecule is CC(C)CC(C)(C)CNC(=O)NC(C)CCCO. The monoisotopic (exact) mass is 258 g/mol. The van der Waals surface area contributed by atoms with Crippen LogP contribution in [0.5, 0.6) is 0 Å². The highest BCUT2D eigenvalue weighted by atomic mass is 16.3. The summed E-state index contributed by atoms with van der Waals surface area (Å²) in [4.78, 5) is 11.7. The van der Waals surface area contributed by atoms with Crippen LogP contribution in [-0.2, 0) is 0 Å². The van der Waals surface area contributed by atoms with Gasteiger partial charge in [0.2, 0.25) is 0 Å². The van der Waals surface area contributed by atoms with E-state index in [0.29, 0.717) is 12.5 Å². The molecule has 4 heteroatoms. The lowest BCUT2D eigenvalue weighted by atomic mass is 9.84. The molecule has 0 aliphatic carbocycles. The number of nitrogens with one attached hydrogen (secondary N) is 2. The Hall–Kier alpha value is -0.770. The average molecular weight is 258 g/mol. The van der Waals surface area contributed by atoms with Crippen LogP contribution in [-0.4, -0.2) is 30.3 Å². The van der Waals surface area contributed by atoms with Gasteiger partial charge in [-0.1, -0.05) is 27.7 Å². The lowest BCUT2D eigenvalue weighted by molar-refractivity contribution is 0.221. The maximum atomic E-state index is 11.7. The van der Waals surface area contributed by atoms with Crippen molar-refractivity contribution in [2.45, 2.75) is 59.9 Å². The Kier molecular flexibility index (Phi) is 8.00. The Morgan fingerprint density at radius 3 is 2.39 bits per heavy atom. The van der Waals surface area contributed by atoms with Gasteiger partial charge in [-0.25, -0.2) is 4.79 Å². The maximum Gasteiger partial charge on any atom is 0.315 e. The molecule has 0 saturated carbocycles. The van der Waals surface area contributed by atoms with Crippen LogP contribution in [0.25, 0.3) is 0 Å². The normalized spacial score (nSPS) is 13.5. The molecule has 18 heavy (non-hydrogen) atoms. The van der Waals surface area contributed by atoms with Crippen LogP contribution in [0.2, 0.25) is 0 Å². The molecule has 1 unspecified atom stereocenters. The van der Waals surface area contributed by atoms with Gasteiger partial charge >= 0.3 is 6.03 Å². The molecular formula is C14H30N2O2. The number of carbonyl (C=O) groups excluding carboxylic acids is 1. The van der Waals surface area contributed by atoms with E-state index in [0.717, 1.165) is 19.3 Å². The van der Waals surface area contributed by atoms with Crippen LogP contribution in [0.3, 0.4) is 0 Å². The number of amides is 2. The second-order valence-electron chi connectivity index (χ2n) is 6.36. The van der Waals surface area contributed by atoms with Gasteiger partial charge in [0.05, 0.1) is 0 Å². The van der Waals surface area contributed by atoms with Gasteiger partial charge in [-0.15, -0.1) is 0 Å². The highest BCUT2D eigenvalue weighted by Gasteiger charge is 2.20. The molecular weight excluding hydrogens is 228 g/mol. The first-order valence-electron chi connectivity index (χ1n) is 6.92. The third kappa shape index (κ3) is 9.28. The third-order valence-electron chi connectivity index (χ3n) is 2.86. The molecule has 0 saturated heterocycles. The molecule has 1 atom stereocenters. The number of urea groups is 1. The Morgan fingerprint density at radius 1 is 1.28 bits per heavy atom. The van der Waals surface area contributed by atoms with Gasteiger partial charge in [0.1, 0.15) is 0 Å². The topological polar surface area (TPSA) is 61.4 Å². The summed E-state index contributed by atoms with van der Waals surface area (Å²) in [6.45, 7) is 11.5. The number of aliphatic hydroxyl groups excluding tert-OH is 1. The Balaban J connectivity index is 3.88. The summed E-state index contributed by atoms with van der Waals surface area (Å²) < 4.78 is 0. The predicted octanol–water partition coefficient (Wildman–Crippen LogP) is 2.52. The van der Waals surface area contributed by atoms with E-state index in [4.69, 9.17) is 5.11 Å². The summed E-state index contributed by atoms with van der Waals surface area (Å²) in [5, 5.41) is 14.5. The standard InChI is InChI=1S/C14H30N2O2/c1-11(2)9-14(4,5)10-15-13(18)16-12(3)7-6-8-17/h11-12,17H,6-10H2,1-5H3,(H2,15,16,18). The van der Waals surface area contributed by atoms with Crippen LogP contribution in [0, 0.1) is 11.3 Å². The van der Waals surface area contributed by atoms with Gasteiger partial charge in [-0.3, -0.25) is 0 Å². The van der Waals surface area contributed by atoms with Gasteiger partial charge in [-0.2, -0.15) is 0 Å². The molecule has 4 nitrogen and oxygen atoms in total. The van der Waals surface area contributed by atoms with Crippen LogP contribution >= 0.6 is 0 Å². The first-order valence-corrected chi connectivity index (χ1v) is 6.92. The zero-order valence-electron chi connectivity index (χ0n) is 12.5. The zero-order chi connectivity index (χ0) is 14.2. The van der Waals surface area contributed by atoms with Crippen LogP contribution < -0.4 is 10.6 Å². The van der Waals surface area contributed by atoms with Crippen molar-refractivity contribution in [2.24, 2.45) is 11.3 Å². The van der Waals surface area contributed by atoms with E-state index in [1.165, 1.54) is 0 Å². The fraction of sp³-hybridized carbons (Fsp3) is 0.929. The zero-order valence-corrected chi connectivity index (χ0v) is 12.5. The summed E-state index contributed by atoms with van der Waals surface area (Å²) in [7, 11) is 0. The molecule has 0 rings (SSSR count). The molecule has 0 aromatic rings. The van der Waals surface area contributed by atoms with E-state index in [9.17, 15) is 4.79 Å². The lowest BCUT2D eigenvalue weighted by Crippen LogP contribution is -2.44. The molecule has 0 aromatic heterocycles. The molecule has 0 aliphatic rings. The summed E-state index contributed by atoms with van der Waals surface area (Å²) >= 11 is 0. The van der Waals surface area contributed by atoms with Gasteiger partial charge in [0.15, 0.2) is 0 Å². The third-order valence-corrected chi connectivity index (χ3v) is 2.86. The summed E-state index contributed by atoms with van der Waals surface area (Å²) in [5.41, 5.74) is 0.125. The highest BCUT2D eigenvalue weighted by molar-refractivity contribution is 5.74. The minimum absolute atomic E-state index is 0.102. The summed E-state index contributed by atoms with van der Waals surface area (Å²) in [5.74, 6) is 0.633. The molecule has 0 aliphatic heterocycles. The number of carbonyl (C=O) groups is 1. The minimum Gasteiger partial charge on any atom is -0.396 e. The molecule has 0 spiro atoms. The molecule has 0 radical (unpaired) electrons. The molecule has 3 N–H and O–H groups in total. The maximum absolute atomic E-state index is 11.7. The van der Waals surface area contributed by atoms with Crippen LogP contribution in [0.15, 0.2) is 0 Å². The van der Waals surface area contributed by atoms with E-state index in [1.807, 2.05) is 6.92 Å². The Morgan fingerprint density at radius 2 is 1.89 bits per heavy atom. The van der Waals surface area contributed by atoms with Crippen LogP contribution in [0.1, 0.15) is 53.9 Å². The molecule has 108 valence electrons. The van der Waals surface area contributed by atoms with Crippen molar-refractivity contribution >= 4 is 6.03 Å². The van der Waals surface area contributed by atoms with Crippen molar-refractivity contribution in [3.05, 3.63) is 0 Å². The second-order valence-corrected chi connectivity index (χ2v) is 6.36. The molecule has 0 heterocycles. The number of rotatable bonds is 8. The quantitative estimate of drug-likeness (QED) is 0.626. The highest BCUT2D eigenvalue weighted by Crippen LogP contribution is 2.23. The fourth-order valence-electron chi connectivity index (χ4n) is 2.24. The Bertz CT molecular complexity index is 240. The van der Waals surface area contributed by atoms with Crippen LogP contribution in [0.4, 0.5) is 4.79 Å². The number of aliphatic hydroxyl groups is 1. The van der Waals surface area contributed by atoms with Crippen molar-refractivity contribution in [3.63, 3.8) is 0 Å². The summed E-state index contributed by atoms with van der Waals surface area (Å²) in [6, 6.07) is -0.0115. The smallest absolute Gasteiger partial charge is 0.315 e. The van der Waals surface area contributed by atoms with E-state index in [-0.39, 0.29) is 24.1 Å². The van der Waals surface area contributed by atoms with E-state index in [2.05, 4.69) is 38.3 Å². The van der Waals surface area contributed by atoms with Crippen molar-refractivity contribution in [1.82, 2.24) is 10.6 Å². The minimum atomic E-state index is -0.114. The van der Waals surface area contributed by atoms with Gasteiger partial charge in [0, 0.05) is 19.2 Å².